The average Bonchev–Trinajstić information content (AvgIpc) is 3.47. The van der Waals surface area contributed by atoms with Crippen molar-refractivity contribution < 1.29 is 9.53 Å². The van der Waals surface area contributed by atoms with Crippen LogP contribution in [0.5, 0.6) is 5.75 Å². The number of carbonyl (C=O) groups excluding carboxylic acids is 1. The number of hydrogen-bond acceptors (Lipinski definition) is 2. The summed E-state index contributed by atoms with van der Waals surface area (Å²) in [7, 11) is 3.59. The molecule has 2 aromatic rings. The van der Waals surface area contributed by atoms with Gasteiger partial charge in [0.1, 0.15) is 5.75 Å². The van der Waals surface area contributed by atoms with Gasteiger partial charge in [0.05, 0.1) is 7.11 Å². The predicted molar refractivity (Wildman–Crippen MR) is 104 cm³/mol. The molecule has 26 heavy (non-hydrogen) atoms. The van der Waals surface area contributed by atoms with Gasteiger partial charge in [0.25, 0.3) is 0 Å². The normalized spacial score (nSPS) is 17.8. The van der Waals surface area contributed by atoms with E-state index in [0.717, 1.165) is 29.7 Å². The fourth-order valence-corrected chi connectivity index (χ4v) is 3.27. The predicted octanol–water partition coefficient (Wildman–Crippen LogP) is 4.21. The lowest BCUT2D eigenvalue weighted by Gasteiger charge is -2.17. The summed E-state index contributed by atoms with van der Waals surface area (Å²) in [6.45, 7) is 2.04. The molecule has 2 aromatic carbocycles. The molecule has 0 bridgehead atoms. The van der Waals surface area contributed by atoms with E-state index in [1.807, 2.05) is 61.3 Å². The van der Waals surface area contributed by atoms with Gasteiger partial charge in [0.2, 0.25) is 5.91 Å². The van der Waals surface area contributed by atoms with Crippen molar-refractivity contribution in [3.63, 3.8) is 0 Å². The minimum atomic E-state index is 0.222. The summed E-state index contributed by atoms with van der Waals surface area (Å²) < 4.78 is 5.40. The van der Waals surface area contributed by atoms with E-state index in [2.05, 4.69) is 17.9 Å². The maximum Gasteiger partial charge on any atom is 0.222 e. The molecule has 1 fully saturated rings. The highest BCUT2D eigenvalue weighted by molar-refractivity contribution is 5.77. The summed E-state index contributed by atoms with van der Waals surface area (Å²) in [5.41, 5.74) is 3.18. The zero-order valence-electron chi connectivity index (χ0n) is 15.7. The first-order valence-electron chi connectivity index (χ1n) is 9.14. The molecule has 0 spiro atoms. The largest absolute Gasteiger partial charge is 0.497 e. The molecule has 1 amide bonds. The molecular weight excluding hydrogens is 322 g/mol. The summed E-state index contributed by atoms with van der Waals surface area (Å²) in [6.07, 6.45) is 2.48. The van der Waals surface area contributed by atoms with Crippen LogP contribution in [0.15, 0.2) is 48.5 Å². The van der Waals surface area contributed by atoms with Crippen LogP contribution in [-0.2, 0) is 4.79 Å². The van der Waals surface area contributed by atoms with Crippen LogP contribution in [0.2, 0.25) is 0 Å². The number of ether oxygens (including phenoxy) is 1. The Kier molecular flexibility index (Phi) is 5.63. The van der Waals surface area contributed by atoms with E-state index in [-0.39, 0.29) is 11.9 Å². The Labute approximate surface area is 156 Å². The third kappa shape index (κ3) is 4.08. The van der Waals surface area contributed by atoms with Gasteiger partial charge in [-0.25, -0.2) is 0 Å². The van der Waals surface area contributed by atoms with Crippen molar-refractivity contribution in [2.75, 3.05) is 14.2 Å². The van der Waals surface area contributed by atoms with Crippen LogP contribution in [0.4, 0.5) is 0 Å². The number of carbonyl (C=O) groups is 1. The van der Waals surface area contributed by atoms with Crippen LogP contribution in [0.1, 0.15) is 48.8 Å². The first kappa shape index (κ1) is 18.1. The highest BCUT2D eigenvalue weighted by atomic mass is 16.5. The van der Waals surface area contributed by atoms with E-state index >= 15 is 0 Å². The maximum absolute atomic E-state index is 12.2. The van der Waals surface area contributed by atoms with E-state index in [1.165, 1.54) is 5.56 Å². The molecule has 0 aliphatic heterocycles. The number of hydrogen-bond donors (Lipinski definition) is 0. The molecule has 3 heteroatoms. The Morgan fingerprint density at radius 3 is 2.65 bits per heavy atom. The van der Waals surface area contributed by atoms with Crippen LogP contribution >= 0.6 is 0 Å². The molecule has 1 saturated carbocycles. The van der Waals surface area contributed by atoms with Crippen molar-refractivity contribution in [1.82, 2.24) is 4.90 Å². The fourth-order valence-electron chi connectivity index (χ4n) is 3.27. The molecule has 1 aliphatic carbocycles. The number of amides is 1. The molecule has 0 heterocycles. The van der Waals surface area contributed by atoms with Crippen LogP contribution in [0, 0.1) is 11.8 Å². The van der Waals surface area contributed by atoms with E-state index in [4.69, 9.17) is 4.74 Å². The zero-order chi connectivity index (χ0) is 18.5. The number of benzene rings is 2. The highest BCUT2D eigenvalue weighted by Crippen LogP contribution is 2.46. The second-order valence-electron chi connectivity index (χ2n) is 6.73. The third-order valence-corrected chi connectivity index (χ3v) is 4.88. The van der Waals surface area contributed by atoms with Gasteiger partial charge in [-0.2, -0.15) is 0 Å². The van der Waals surface area contributed by atoms with Crippen LogP contribution in [0.25, 0.3) is 0 Å². The molecule has 2 atom stereocenters. The summed E-state index contributed by atoms with van der Waals surface area (Å²) >= 11 is 0. The Morgan fingerprint density at radius 1 is 1.19 bits per heavy atom. The molecule has 0 aromatic heterocycles. The van der Waals surface area contributed by atoms with Crippen molar-refractivity contribution in [1.29, 1.82) is 0 Å². The fraction of sp³-hybridized carbons (Fsp3) is 0.348. The first-order chi connectivity index (χ1) is 12.6. The number of likely N-dealkylation sites (N-methyl/N-ethyl adjacent to an activating group) is 1. The van der Waals surface area contributed by atoms with Gasteiger partial charge in [-0.1, -0.05) is 37.0 Å². The molecule has 0 radical (unpaired) electrons. The van der Waals surface area contributed by atoms with Crippen molar-refractivity contribution in [2.45, 2.75) is 38.1 Å². The molecule has 1 aliphatic rings. The minimum absolute atomic E-state index is 0.222. The van der Waals surface area contributed by atoms with Crippen LogP contribution in [-0.4, -0.2) is 31.0 Å². The topological polar surface area (TPSA) is 29.5 Å². The minimum Gasteiger partial charge on any atom is -0.497 e. The van der Waals surface area contributed by atoms with Crippen molar-refractivity contribution in [3.05, 3.63) is 65.2 Å². The first-order valence-corrected chi connectivity index (χ1v) is 9.14. The zero-order valence-corrected chi connectivity index (χ0v) is 15.7. The lowest BCUT2D eigenvalue weighted by atomic mass is 10.0. The van der Waals surface area contributed by atoms with Crippen molar-refractivity contribution in [2.24, 2.45) is 0 Å². The molecule has 0 saturated heterocycles. The lowest BCUT2D eigenvalue weighted by Crippen LogP contribution is -2.29. The summed E-state index contributed by atoms with van der Waals surface area (Å²) in [4.78, 5) is 14.1. The average molecular weight is 347 g/mol. The van der Waals surface area contributed by atoms with Gasteiger partial charge in [0.15, 0.2) is 0 Å². The summed E-state index contributed by atoms with van der Waals surface area (Å²) in [5, 5.41) is 0. The Morgan fingerprint density at radius 2 is 1.96 bits per heavy atom. The number of nitrogens with zero attached hydrogens (tertiary/aromatic N) is 1. The quantitative estimate of drug-likeness (QED) is 0.758. The molecule has 134 valence electrons. The SMILES string of the molecule is CCCC(=O)N(C)C1CC1c1cc(OC)ccc1C#Cc1ccccc1. The summed E-state index contributed by atoms with van der Waals surface area (Å²) in [6, 6.07) is 16.3. The van der Waals surface area contributed by atoms with E-state index in [0.29, 0.717) is 12.3 Å². The Bertz CT molecular complexity index is 832. The van der Waals surface area contributed by atoms with Gasteiger partial charge in [-0.3, -0.25) is 4.79 Å². The second-order valence-corrected chi connectivity index (χ2v) is 6.73. The van der Waals surface area contributed by atoms with Crippen LogP contribution in [0.3, 0.4) is 0 Å². The van der Waals surface area contributed by atoms with Crippen molar-refractivity contribution >= 4 is 5.91 Å². The number of methoxy groups -OCH3 is 1. The van der Waals surface area contributed by atoms with Gasteiger partial charge in [-0.05, 0) is 48.7 Å². The Balaban J connectivity index is 1.85. The third-order valence-electron chi connectivity index (χ3n) is 4.88. The molecule has 3 nitrogen and oxygen atoms in total. The van der Waals surface area contributed by atoms with Gasteiger partial charge < -0.3 is 9.64 Å². The van der Waals surface area contributed by atoms with E-state index in [1.54, 1.807) is 7.11 Å². The van der Waals surface area contributed by atoms with Crippen molar-refractivity contribution in [3.8, 4) is 17.6 Å². The maximum atomic E-state index is 12.2. The monoisotopic (exact) mass is 347 g/mol. The smallest absolute Gasteiger partial charge is 0.222 e. The highest BCUT2D eigenvalue weighted by Gasteiger charge is 2.44. The molecule has 2 unspecified atom stereocenters. The van der Waals surface area contributed by atoms with Gasteiger partial charge >= 0.3 is 0 Å². The van der Waals surface area contributed by atoms with E-state index in [9.17, 15) is 4.79 Å². The van der Waals surface area contributed by atoms with E-state index < -0.39 is 0 Å². The second kappa shape index (κ2) is 8.10. The molecule has 3 rings (SSSR count). The standard InChI is InChI=1S/C23H25NO2/c1-4-8-23(25)24(2)22-16-21(22)20-15-19(26-3)14-13-18(20)12-11-17-9-6-5-7-10-17/h5-7,9-10,13-15,21-22H,4,8,16H2,1-3H3. The van der Waals surface area contributed by atoms with Crippen LogP contribution < -0.4 is 4.74 Å². The molecular formula is C23H25NO2. The lowest BCUT2D eigenvalue weighted by molar-refractivity contribution is -0.130. The Hall–Kier alpha value is -2.73. The van der Waals surface area contributed by atoms with Gasteiger partial charge in [0, 0.05) is 36.6 Å². The van der Waals surface area contributed by atoms with Gasteiger partial charge in [-0.15, -0.1) is 0 Å². The molecule has 0 N–H and O–H groups in total. The summed E-state index contributed by atoms with van der Waals surface area (Å²) in [5.74, 6) is 7.93. The number of rotatable bonds is 5.